The van der Waals surface area contributed by atoms with Gasteiger partial charge in [0.2, 0.25) is 5.91 Å². The van der Waals surface area contributed by atoms with Crippen molar-refractivity contribution in [2.75, 3.05) is 11.9 Å². The number of hydrogen-bond acceptors (Lipinski definition) is 3. The average molecular weight is 498 g/mol. The first kappa shape index (κ1) is 23.7. The van der Waals surface area contributed by atoms with Gasteiger partial charge in [-0.15, -0.1) is 0 Å². The number of rotatable bonds is 4. The molecule has 1 saturated carbocycles. The summed E-state index contributed by atoms with van der Waals surface area (Å²) in [5, 5.41) is 6.87. The zero-order chi connectivity index (χ0) is 25.4. The predicted octanol–water partition coefficient (Wildman–Crippen LogP) is 5.87. The molecule has 2 N–H and O–H groups in total. The fourth-order valence-electron chi connectivity index (χ4n) is 6.63. The second-order valence-corrected chi connectivity index (χ2v) is 10.5. The summed E-state index contributed by atoms with van der Waals surface area (Å²) in [5.41, 5.74) is 3.81. The van der Waals surface area contributed by atoms with E-state index < -0.39 is 0 Å². The Morgan fingerprint density at radius 1 is 0.865 bits per heavy atom. The standard InChI is InChI=1S/C31H32FN3O2/c32-22-16-14-20(15-17-22)28-25-18-19-35(29(25)23-10-4-6-12-26(23)33-28)31(37)24-11-5-7-13-27(24)34-30(36)21-8-2-1-3-9-21/h1-4,6,8-10,12,14-17,24-25,27-29,33H,5,7,11,13,18-19H2,(H,34,36)/t24-,25-,27?,28+,29+/m0/s1. The Morgan fingerprint density at radius 3 is 2.41 bits per heavy atom. The van der Waals surface area contributed by atoms with Gasteiger partial charge in [0.15, 0.2) is 0 Å². The number of anilines is 1. The first-order valence-electron chi connectivity index (χ1n) is 13.4. The van der Waals surface area contributed by atoms with Gasteiger partial charge in [-0.25, -0.2) is 4.39 Å². The molecule has 2 amide bonds. The molecule has 2 fully saturated rings. The molecule has 3 aromatic rings. The average Bonchev–Trinajstić information content (AvgIpc) is 3.39. The van der Waals surface area contributed by atoms with E-state index in [2.05, 4.69) is 27.7 Å². The Kier molecular flexibility index (Phi) is 6.41. The molecule has 190 valence electrons. The maximum Gasteiger partial charge on any atom is 0.251 e. The Balaban J connectivity index is 1.28. The smallest absolute Gasteiger partial charge is 0.251 e. The number of amides is 2. The summed E-state index contributed by atoms with van der Waals surface area (Å²) in [6, 6.07) is 23.9. The minimum atomic E-state index is -0.249. The lowest BCUT2D eigenvalue weighted by Gasteiger charge is -2.42. The third-order valence-electron chi connectivity index (χ3n) is 8.41. The minimum absolute atomic E-state index is 0.00163. The van der Waals surface area contributed by atoms with Crippen LogP contribution >= 0.6 is 0 Å². The van der Waals surface area contributed by atoms with Crippen molar-refractivity contribution in [2.24, 2.45) is 11.8 Å². The Morgan fingerprint density at radius 2 is 1.59 bits per heavy atom. The molecule has 3 aliphatic rings. The van der Waals surface area contributed by atoms with Crippen molar-refractivity contribution < 1.29 is 14.0 Å². The van der Waals surface area contributed by atoms with E-state index in [-0.39, 0.29) is 47.6 Å². The quantitative estimate of drug-likeness (QED) is 0.474. The van der Waals surface area contributed by atoms with Gasteiger partial charge >= 0.3 is 0 Å². The zero-order valence-electron chi connectivity index (χ0n) is 20.8. The van der Waals surface area contributed by atoms with Crippen molar-refractivity contribution in [2.45, 2.75) is 50.2 Å². The maximum atomic E-state index is 14.2. The van der Waals surface area contributed by atoms with Gasteiger partial charge in [-0.3, -0.25) is 9.59 Å². The number of para-hydroxylation sites is 1. The number of likely N-dealkylation sites (tertiary alicyclic amines) is 1. The Bertz CT molecular complexity index is 1280. The molecule has 1 unspecified atom stereocenters. The van der Waals surface area contributed by atoms with Gasteiger partial charge in [0, 0.05) is 29.8 Å². The van der Waals surface area contributed by atoms with E-state index in [4.69, 9.17) is 0 Å². The monoisotopic (exact) mass is 497 g/mol. The number of halogens is 1. The van der Waals surface area contributed by atoms with E-state index in [1.807, 2.05) is 54.6 Å². The van der Waals surface area contributed by atoms with Crippen LogP contribution in [0, 0.1) is 17.7 Å². The van der Waals surface area contributed by atoms with Crippen molar-refractivity contribution in [3.8, 4) is 0 Å². The molecule has 5 nitrogen and oxygen atoms in total. The van der Waals surface area contributed by atoms with Crippen LogP contribution in [0.25, 0.3) is 0 Å². The van der Waals surface area contributed by atoms with Gasteiger partial charge in [-0.05, 0) is 60.7 Å². The third-order valence-corrected chi connectivity index (χ3v) is 8.41. The van der Waals surface area contributed by atoms with E-state index in [0.717, 1.165) is 48.9 Å². The van der Waals surface area contributed by atoms with Crippen LogP contribution in [0.4, 0.5) is 10.1 Å². The van der Waals surface area contributed by atoms with Gasteiger partial charge in [-0.2, -0.15) is 0 Å². The van der Waals surface area contributed by atoms with Crippen LogP contribution in [0.3, 0.4) is 0 Å². The van der Waals surface area contributed by atoms with Crippen LogP contribution in [0.2, 0.25) is 0 Å². The first-order valence-corrected chi connectivity index (χ1v) is 13.4. The van der Waals surface area contributed by atoms with Gasteiger partial charge in [0.25, 0.3) is 5.91 Å². The molecule has 6 heteroatoms. The van der Waals surface area contributed by atoms with Crippen LogP contribution in [-0.4, -0.2) is 29.3 Å². The van der Waals surface area contributed by atoms with Crippen LogP contribution in [-0.2, 0) is 4.79 Å². The molecule has 0 aromatic heterocycles. The topological polar surface area (TPSA) is 61.4 Å². The number of hydrogen-bond donors (Lipinski definition) is 2. The van der Waals surface area contributed by atoms with Crippen LogP contribution in [0.1, 0.15) is 65.7 Å². The number of nitrogens with zero attached hydrogens (tertiary/aromatic N) is 1. The fraction of sp³-hybridized carbons (Fsp3) is 0.355. The molecule has 2 heterocycles. The highest BCUT2D eigenvalue weighted by Gasteiger charge is 2.48. The van der Waals surface area contributed by atoms with Crippen LogP contribution in [0.5, 0.6) is 0 Å². The highest BCUT2D eigenvalue weighted by atomic mass is 19.1. The Hall–Kier alpha value is -3.67. The van der Waals surface area contributed by atoms with Crippen molar-refractivity contribution in [3.05, 3.63) is 101 Å². The van der Waals surface area contributed by atoms with E-state index in [1.165, 1.54) is 12.1 Å². The van der Waals surface area contributed by atoms with Crippen LogP contribution in [0.15, 0.2) is 78.9 Å². The van der Waals surface area contributed by atoms with E-state index in [0.29, 0.717) is 12.1 Å². The summed E-state index contributed by atoms with van der Waals surface area (Å²) < 4.78 is 13.7. The van der Waals surface area contributed by atoms with Crippen molar-refractivity contribution >= 4 is 17.5 Å². The highest BCUT2D eigenvalue weighted by Crippen LogP contribution is 2.51. The third kappa shape index (κ3) is 4.50. The number of carbonyl (C=O) groups excluding carboxylic acids is 2. The lowest BCUT2D eigenvalue weighted by atomic mass is 9.79. The number of benzene rings is 3. The molecule has 37 heavy (non-hydrogen) atoms. The van der Waals surface area contributed by atoms with E-state index in [1.54, 1.807) is 0 Å². The minimum Gasteiger partial charge on any atom is -0.378 e. The first-order chi connectivity index (χ1) is 18.1. The number of nitrogens with one attached hydrogen (secondary N) is 2. The van der Waals surface area contributed by atoms with Gasteiger partial charge in [0.05, 0.1) is 18.0 Å². The summed E-state index contributed by atoms with van der Waals surface area (Å²) in [4.78, 5) is 29.2. The summed E-state index contributed by atoms with van der Waals surface area (Å²) in [6.07, 6.45) is 4.47. The molecule has 1 aliphatic carbocycles. The summed E-state index contributed by atoms with van der Waals surface area (Å²) in [7, 11) is 0. The van der Waals surface area contributed by atoms with Crippen molar-refractivity contribution in [1.82, 2.24) is 10.2 Å². The summed E-state index contributed by atoms with van der Waals surface area (Å²) in [6.45, 7) is 0.678. The van der Waals surface area contributed by atoms with Crippen molar-refractivity contribution in [3.63, 3.8) is 0 Å². The second kappa shape index (κ2) is 10.0. The fourth-order valence-corrected chi connectivity index (χ4v) is 6.63. The number of fused-ring (bicyclic) bond motifs is 3. The number of carbonyl (C=O) groups is 2. The molecule has 0 bridgehead atoms. The van der Waals surface area contributed by atoms with E-state index >= 15 is 0 Å². The zero-order valence-corrected chi connectivity index (χ0v) is 20.8. The van der Waals surface area contributed by atoms with Crippen molar-refractivity contribution in [1.29, 1.82) is 0 Å². The molecule has 0 radical (unpaired) electrons. The second-order valence-electron chi connectivity index (χ2n) is 10.5. The highest BCUT2D eigenvalue weighted by molar-refractivity contribution is 5.95. The SMILES string of the molecule is O=C(NC1CCCC[C@@H]1C(=O)N1CC[C@H]2[C@@H](c3ccc(F)cc3)Nc3ccccc3[C@H]21)c1ccccc1. The van der Waals surface area contributed by atoms with Gasteiger partial charge in [0.1, 0.15) is 5.82 Å². The van der Waals surface area contributed by atoms with Gasteiger partial charge < -0.3 is 15.5 Å². The molecule has 3 aromatic carbocycles. The van der Waals surface area contributed by atoms with Gasteiger partial charge in [-0.1, -0.05) is 61.4 Å². The lowest BCUT2D eigenvalue weighted by Crippen LogP contribution is -2.50. The summed E-state index contributed by atoms with van der Waals surface area (Å²) >= 11 is 0. The molecule has 6 rings (SSSR count). The Labute approximate surface area is 217 Å². The molecular formula is C31H32FN3O2. The molecule has 2 aliphatic heterocycles. The molecule has 0 spiro atoms. The maximum absolute atomic E-state index is 14.2. The van der Waals surface area contributed by atoms with Crippen LogP contribution < -0.4 is 10.6 Å². The molecule has 1 saturated heterocycles. The summed E-state index contributed by atoms with van der Waals surface area (Å²) in [5.74, 6) is -0.273. The normalized spacial score (nSPS) is 26.5. The molecular weight excluding hydrogens is 465 g/mol. The predicted molar refractivity (Wildman–Crippen MR) is 141 cm³/mol. The largest absolute Gasteiger partial charge is 0.378 e. The lowest BCUT2D eigenvalue weighted by molar-refractivity contribution is -0.138. The molecule has 5 atom stereocenters. The van der Waals surface area contributed by atoms with E-state index in [9.17, 15) is 14.0 Å².